The van der Waals surface area contributed by atoms with Crippen LogP contribution in [-0.4, -0.2) is 42.5 Å². The molecule has 1 aliphatic heterocycles. The second-order valence-electron chi connectivity index (χ2n) is 8.79. The highest BCUT2D eigenvalue weighted by Crippen LogP contribution is 2.31. The van der Waals surface area contributed by atoms with Gasteiger partial charge >= 0.3 is 0 Å². The van der Waals surface area contributed by atoms with Gasteiger partial charge in [-0.1, -0.05) is 36.4 Å². The van der Waals surface area contributed by atoms with Crippen molar-refractivity contribution in [3.63, 3.8) is 0 Å². The summed E-state index contributed by atoms with van der Waals surface area (Å²) in [5, 5.41) is 6.77. The van der Waals surface area contributed by atoms with Gasteiger partial charge in [-0.05, 0) is 55.3 Å². The molecule has 0 saturated carbocycles. The standard InChI is InChI=1S/C27H28N6O3S.ClH/c34-37(35,19-20-7-2-1-3-8-20)33-21-9-4-11-23(17-21)36-26-24(12-6-15-29-26)25-13-16-30-27(32-25)31-22-10-5-14-28-18-22;/h1-4,6-9,11-13,15-17,22,28,33H,5,10,14,18-19H2,(H,30,31,32);1H/t22-;/m0./s1. The second-order valence-corrected chi connectivity index (χ2v) is 10.5. The highest BCUT2D eigenvalue weighted by molar-refractivity contribution is 7.91. The molecule has 0 spiro atoms. The number of aromatic nitrogens is 3. The molecule has 2 aromatic carbocycles. The highest BCUT2D eigenvalue weighted by atomic mass is 35.5. The topological polar surface area (TPSA) is 118 Å². The number of hydrogen-bond donors (Lipinski definition) is 3. The van der Waals surface area contributed by atoms with Gasteiger partial charge in [0.15, 0.2) is 0 Å². The van der Waals surface area contributed by atoms with E-state index in [2.05, 4.69) is 30.3 Å². The number of nitrogens with zero attached hydrogens (tertiary/aromatic N) is 3. The molecule has 9 nitrogen and oxygen atoms in total. The molecule has 2 aromatic heterocycles. The van der Waals surface area contributed by atoms with Crippen LogP contribution in [0.2, 0.25) is 0 Å². The zero-order chi connectivity index (χ0) is 25.5. The van der Waals surface area contributed by atoms with Gasteiger partial charge in [0.25, 0.3) is 0 Å². The van der Waals surface area contributed by atoms with Gasteiger partial charge < -0.3 is 15.4 Å². The molecule has 5 rings (SSSR count). The second kappa shape index (κ2) is 12.7. The summed E-state index contributed by atoms with van der Waals surface area (Å²) < 4.78 is 34.0. The van der Waals surface area contributed by atoms with Gasteiger partial charge in [0.05, 0.1) is 22.7 Å². The molecular weight excluding hydrogens is 524 g/mol. The fourth-order valence-corrected chi connectivity index (χ4v) is 5.34. The third-order valence-electron chi connectivity index (χ3n) is 5.85. The van der Waals surface area contributed by atoms with Crippen LogP contribution in [0.1, 0.15) is 18.4 Å². The summed E-state index contributed by atoms with van der Waals surface area (Å²) in [5.74, 6) is 1.23. The van der Waals surface area contributed by atoms with Gasteiger partial charge in [0.2, 0.25) is 21.9 Å². The van der Waals surface area contributed by atoms with Crippen molar-refractivity contribution in [2.45, 2.75) is 24.6 Å². The van der Waals surface area contributed by atoms with Gasteiger partial charge in [-0.25, -0.2) is 23.4 Å². The van der Waals surface area contributed by atoms with Crippen LogP contribution in [0.3, 0.4) is 0 Å². The Morgan fingerprint density at radius 3 is 2.66 bits per heavy atom. The molecule has 1 fully saturated rings. The van der Waals surface area contributed by atoms with Gasteiger partial charge in [0.1, 0.15) is 5.75 Å². The minimum Gasteiger partial charge on any atom is -0.438 e. The van der Waals surface area contributed by atoms with E-state index in [4.69, 9.17) is 4.74 Å². The Hall–Kier alpha value is -3.73. The zero-order valence-corrected chi connectivity index (χ0v) is 22.2. The van der Waals surface area contributed by atoms with Crippen molar-refractivity contribution in [2.24, 2.45) is 0 Å². The van der Waals surface area contributed by atoms with Crippen LogP contribution in [0, 0.1) is 0 Å². The lowest BCUT2D eigenvalue weighted by molar-refractivity contribution is 0.465. The Morgan fingerprint density at radius 1 is 0.974 bits per heavy atom. The molecule has 11 heteroatoms. The van der Waals surface area contributed by atoms with Crippen molar-refractivity contribution in [3.8, 4) is 22.9 Å². The molecule has 3 heterocycles. The van der Waals surface area contributed by atoms with E-state index in [-0.39, 0.29) is 24.2 Å². The highest BCUT2D eigenvalue weighted by Gasteiger charge is 2.16. The molecular formula is C27H29ClN6O3S. The number of halogens is 1. The maximum atomic E-state index is 12.7. The van der Waals surface area contributed by atoms with E-state index in [0.717, 1.165) is 25.9 Å². The van der Waals surface area contributed by atoms with Crippen LogP contribution in [-0.2, 0) is 15.8 Å². The van der Waals surface area contributed by atoms with Gasteiger partial charge in [0, 0.05) is 31.0 Å². The average molecular weight is 553 g/mol. The van der Waals surface area contributed by atoms with Gasteiger partial charge in [-0.2, -0.15) is 0 Å². The molecule has 198 valence electrons. The van der Waals surface area contributed by atoms with E-state index >= 15 is 0 Å². The van der Waals surface area contributed by atoms with Crippen molar-refractivity contribution in [1.29, 1.82) is 0 Å². The Morgan fingerprint density at radius 2 is 1.84 bits per heavy atom. The van der Waals surface area contributed by atoms with Crippen LogP contribution in [0.25, 0.3) is 11.3 Å². The van der Waals surface area contributed by atoms with E-state index in [0.29, 0.717) is 40.1 Å². The van der Waals surface area contributed by atoms with Gasteiger partial charge in [-0.3, -0.25) is 4.72 Å². The molecule has 4 aromatic rings. The summed E-state index contributed by atoms with van der Waals surface area (Å²) in [6.45, 7) is 1.91. The number of anilines is 2. The van der Waals surface area contributed by atoms with E-state index in [1.165, 1.54) is 0 Å². The van der Waals surface area contributed by atoms with E-state index < -0.39 is 10.0 Å². The van der Waals surface area contributed by atoms with Crippen molar-refractivity contribution in [2.75, 3.05) is 23.1 Å². The third-order valence-corrected chi connectivity index (χ3v) is 7.11. The molecule has 0 amide bonds. The van der Waals surface area contributed by atoms with Crippen molar-refractivity contribution < 1.29 is 13.2 Å². The Labute approximate surface area is 228 Å². The molecule has 1 atom stereocenters. The quantitative estimate of drug-likeness (QED) is 0.269. The van der Waals surface area contributed by atoms with Crippen LogP contribution >= 0.6 is 12.4 Å². The predicted octanol–water partition coefficient (Wildman–Crippen LogP) is 4.86. The Bertz CT molecular complexity index is 1450. The number of rotatable bonds is 9. The van der Waals surface area contributed by atoms with E-state index in [9.17, 15) is 8.42 Å². The fraction of sp³-hybridized carbons (Fsp3) is 0.222. The zero-order valence-electron chi connectivity index (χ0n) is 20.6. The number of hydrogen-bond acceptors (Lipinski definition) is 8. The number of ether oxygens (including phenoxy) is 1. The number of benzene rings is 2. The van der Waals surface area contributed by atoms with Crippen LogP contribution in [0.5, 0.6) is 11.6 Å². The fourth-order valence-electron chi connectivity index (χ4n) is 4.15. The van der Waals surface area contributed by atoms with Crippen molar-refractivity contribution in [3.05, 3.63) is 90.8 Å². The first kappa shape index (κ1) is 27.3. The SMILES string of the molecule is Cl.O=S(=O)(Cc1ccccc1)Nc1cccc(Oc2ncccc2-c2ccnc(N[C@H]3CCCNC3)n2)c1. The van der Waals surface area contributed by atoms with Crippen molar-refractivity contribution >= 4 is 34.1 Å². The maximum Gasteiger partial charge on any atom is 0.236 e. The first-order valence-electron chi connectivity index (χ1n) is 12.1. The molecule has 3 N–H and O–H groups in total. The molecule has 0 bridgehead atoms. The minimum absolute atomic E-state index is 0. The lowest BCUT2D eigenvalue weighted by Crippen LogP contribution is -2.38. The normalized spacial score (nSPS) is 15.2. The molecule has 1 saturated heterocycles. The first-order valence-corrected chi connectivity index (χ1v) is 13.8. The molecule has 0 unspecified atom stereocenters. The van der Waals surface area contributed by atoms with Gasteiger partial charge in [-0.15, -0.1) is 12.4 Å². The smallest absolute Gasteiger partial charge is 0.236 e. The van der Waals surface area contributed by atoms with Crippen molar-refractivity contribution in [1.82, 2.24) is 20.3 Å². The minimum atomic E-state index is -3.60. The first-order chi connectivity index (χ1) is 18.0. The largest absolute Gasteiger partial charge is 0.438 e. The maximum absolute atomic E-state index is 12.7. The summed E-state index contributed by atoms with van der Waals surface area (Å²) in [6, 6.07) is 21.6. The summed E-state index contributed by atoms with van der Waals surface area (Å²) in [7, 11) is -3.60. The molecule has 0 aliphatic carbocycles. The molecule has 0 radical (unpaired) electrons. The molecule has 38 heavy (non-hydrogen) atoms. The average Bonchev–Trinajstić information content (AvgIpc) is 2.90. The lowest BCUT2D eigenvalue weighted by Gasteiger charge is -2.23. The summed E-state index contributed by atoms with van der Waals surface area (Å²) in [6.07, 6.45) is 5.52. The number of sulfonamides is 1. The van der Waals surface area contributed by atoms with Crippen LogP contribution in [0.4, 0.5) is 11.6 Å². The van der Waals surface area contributed by atoms with E-state index in [1.54, 1.807) is 48.8 Å². The Kier molecular flexibility index (Phi) is 9.11. The number of pyridine rings is 1. The Balaban J connectivity index is 0.00000336. The summed E-state index contributed by atoms with van der Waals surface area (Å²) in [4.78, 5) is 13.5. The van der Waals surface area contributed by atoms with Crippen LogP contribution in [0.15, 0.2) is 85.2 Å². The van der Waals surface area contributed by atoms with Crippen LogP contribution < -0.4 is 20.1 Å². The van der Waals surface area contributed by atoms with E-state index in [1.807, 2.05) is 36.4 Å². The molecule has 1 aliphatic rings. The number of nitrogens with one attached hydrogen (secondary N) is 3. The third kappa shape index (κ3) is 7.41. The summed E-state index contributed by atoms with van der Waals surface area (Å²) >= 11 is 0. The monoisotopic (exact) mass is 552 g/mol. The number of piperidine rings is 1. The summed E-state index contributed by atoms with van der Waals surface area (Å²) in [5.41, 5.74) is 2.48. The lowest BCUT2D eigenvalue weighted by atomic mass is 10.1. The predicted molar refractivity (Wildman–Crippen MR) is 151 cm³/mol.